The molecule has 12 heavy (non-hydrogen) atoms. The van der Waals surface area contributed by atoms with Gasteiger partial charge in [0, 0.05) is 17.6 Å². The number of aliphatic hydroxyl groups is 1. The Morgan fingerprint density at radius 2 is 2.25 bits per heavy atom. The number of nitrogens with zero attached hydrogens (tertiary/aromatic N) is 1. The van der Waals surface area contributed by atoms with E-state index in [0.717, 1.165) is 5.56 Å². The van der Waals surface area contributed by atoms with E-state index in [0.29, 0.717) is 16.6 Å². The van der Waals surface area contributed by atoms with Gasteiger partial charge in [0.2, 0.25) is 0 Å². The Hall–Kier alpha value is -0.310. The van der Waals surface area contributed by atoms with Crippen LogP contribution in [-0.2, 0) is 6.42 Å². The molecule has 1 aromatic rings. The molecule has 1 unspecified atom stereocenters. The summed E-state index contributed by atoms with van der Waals surface area (Å²) in [4.78, 5) is 3.86. The van der Waals surface area contributed by atoms with Crippen LogP contribution in [0.1, 0.15) is 12.5 Å². The minimum atomic E-state index is -0.412. The van der Waals surface area contributed by atoms with Gasteiger partial charge in [0.1, 0.15) is 5.15 Å². The predicted octanol–water partition coefficient (Wildman–Crippen LogP) is 2.31. The third-order valence-corrected chi connectivity index (χ3v) is 1.97. The predicted molar refractivity (Wildman–Crippen MR) is 49.6 cm³/mol. The summed E-state index contributed by atoms with van der Waals surface area (Å²) in [6.07, 6.45) is 1.67. The summed E-state index contributed by atoms with van der Waals surface area (Å²) in [7, 11) is 0. The van der Waals surface area contributed by atoms with Gasteiger partial charge in [0.05, 0.1) is 6.10 Å². The van der Waals surface area contributed by atoms with Gasteiger partial charge in [-0.05, 0) is 18.6 Å². The molecular formula is C8H9Cl2NO. The van der Waals surface area contributed by atoms with Crippen LogP contribution in [0, 0.1) is 0 Å². The van der Waals surface area contributed by atoms with Crippen molar-refractivity contribution in [2.75, 3.05) is 0 Å². The second-order valence-corrected chi connectivity index (χ2v) is 3.45. The molecule has 2 nitrogen and oxygen atoms in total. The van der Waals surface area contributed by atoms with Gasteiger partial charge < -0.3 is 5.11 Å². The Labute approximate surface area is 81.1 Å². The second kappa shape index (κ2) is 4.08. The van der Waals surface area contributed by atoms with Crippen LogP contribution in [0.3, 0.4) is 0 Å². The summed E-state index contributed by atoms with van der Waals surface area (Å²) in [5, 5.41) is 10.0. The lowest BCUT2D eigenvalue weighted by atomic mass is 10.1. The van der Waals surface area contributed by atoms with E-state index in [1.54, 1.807) is 19.2 Å². The van der Waals surface area contributed by atoms with E-state index in [9.17, 15) is 0 Å². The van der Waals surface area contributed by atoms with E-state index in [1.165, 1.54) is 0 Å². The third-order valence-electron chi connectivity index (χ3n) is 1.41. The quantitative estimate of drug-likeness (QED) is 0.753. The highest BCUT2D eigenvalue weighted by molar-refractivity contribution is 6.34. The van der Waals surface area contributed by atoms with Crippen LogP contribution in [-0.4, -0.2) is 16.2 Å². The number of halogens is 2. The SMILES string of the molecule is CC(O)Cc1cnc(Cl)cc1Cl. The van der Waals surface area contributed by atoms with Crippen LogP contribution in [0.2, 0.25) is 10.2 Å². The lowest BCUT2D eigenvalue weighted by Crippen LogP contribution is -2.04. The summed E-state index contributed by atoms with van der Waals surface area (Å²) in [5.74, 6) is 0. The summed E-state index contributed by atoms with van der Waals surface area (Å²) in [5.41, 5.74) is 0.816. The molecule has 66 valence electrons. The molecule has 4 heteroatoms. The fourth-order valence-corrected chi connectivity index (χ4v) is 1.35. The Morgan fingerprint density at radius 3 is 2.75 bits per heavy atom. The van der Waals surface area contributed by atoms with Crippen LogP contribution in [0.25, 0.3) is 0 Å². The Kier molecular flexibility index (Phi) is 3.32. The molecule has 0 aromatic carbocycles. The third kappa shape index (κ3) is 2.63. The van der Waals surface area contributed by atoms with Crippen molar-refractivity contribution in [3.05, 3.63) is 28.0 Å². The summed E-state index contributed by atoms with van der Waals surface area (Å²) < 4.78 is 0. The largest absolute Gasteiger partial charge is 0.393 e. The zero-order chi connectivity index (χ0) is 9.14. The van der Waals surface area contributed by atoms with Crippen molar-refractivity contribution in [3.8, 4) is 0 Å². The van der Waals surface area contributed by atoms with Crippen LogP contribution in [0.15, 0.2) is 12.3 Å². The van der Waals surface area contributed by atoms with Gasteiger partial charge in [-0.25, -0.2) is 4.98 Å². The molecule has 0 bridgehead atoms. The van der Waals surface area contributed by atoms with Crippen molar-refractivity contribution >= 4 is 23.2 Å². The molecule has 1 N–H and O–H groups in total. The molecule has 0 aliphatic carbocycles. The fraction of sp³-hybridized carbons (Fsp3) is 0.375. The van der Waals surface area contributed by atoms with Gasteiger partial charge in [0.25, 0.3) is 0 Å². The number of aromatic nitrogens is 1. The average Bonchev–Trinajstić information content (AvgIpc) is 1.94. The Balaban J connectivity index is 2.86. The molecule has 0 saturated heterocycles. The van der Waals surface area contributed by atoms with Crippen LogP contribution in [0.4, 0.5) is 0 Å². The molecule has 0 radical (unpaired) electrons. The first-order valence-corrected chi connectivity index (χ1v) is 4.33. The molecule has 1 heterocycles. The van der Waals surface area contributed by atoms with Crippen LogP contribution < -0.4 is 0 Å². The topological polar surface area (TPSA) is 33.1 Å². The molecule has 0 aliphatic heterocycles. The highest BCUT2D eigenvalue weighted by atomic mass is 35.5. The van der Waals surface area contributed by atoms with Gasteiger partial charge in [-0.3, -0.25) is 0 Å². The minimum Gasteiger partial charge on any atom is -0.393 e. The van der Waals surface area contributed by atoms with Gasteiger partial charge in [-0.1, -0.05) is 23.2 Å². The monoisotopic (exact) mass is 205 g/mol. The molecule has 0 fully saturated rings. The van der Waals surface area contributed by atoms with E-state index < -0.39 is 6.10 Å². The molecule has 1 rings (SSSR count). The molecule has 0 saturated carbocycles. The molecule has 0 amide bonds. The molecule has 1 aromatic heterocycles. The van der Waals surface area contributed by atoms with Gasteiger partial charge in [-0.15, -0.1) is 0 Å². The first-order valence-electron chi connectivity index (χ1n) is 3.57. The summed E-state index contributed by atoms with van der Waals surface area (Å²) >= 11 is 11.4. The highest BCUT2D eigenvalue weighted by Crippen LogP contribution is 2.19. The van der Waals surface area contributed by atoms with Gasteiger partial charge in [0.15, 0.2) is 0 Å². The van der Waals surface area contributed by atoms with Crippen LogP contribution >= 0.6 is 23.2 Å². The number of pyridine rings is 1. The van der Waals surface area contributed by atoms with E-state index >= 15 is 0 Å². The lowest BCUT2D eigenvalue weighted by Gasteiger charge is -2.05. The smallest absolute Gasteiger partial charge is 0.130 e. The molecular weight excluding hydrogens is 197 g/mol. The molecule has 0 aliphatic rings. The number of hydrogen-bond acceptors (Lipinski definition) is 2. The summed E-state index contributed by atoms with van der Waals surface area (Å²) in [6, 6.07) is 1.57. The number of aliphatic hydroxyl groups excluding tert-OH is 1. The highest BCUT2D eigenvalue weighted by Gasteiger charge is 2.04. The Morgan fingerprint density at radius 1 is 1.58 bits per heavy atom. The van der Waals surface area contributed by atoms with Crippen molar-refractivity contribution in [3.63, 3.8) is 0 Å². The maximum atomic E-state index is 9.08. The van der Waals surface area contributed by atoms with E-state index in [4.69, 9.17) is 28.3 Å². The molecule has 1 atom stereocenters. The van der Waals surface area contributed by atoms with Crippen molar-refractivity contribution in [2.24, 2.45) is 0 Å². The minimum absolute atomic E-state index is 0.370. The maximum absolute atomic E-state index is 9.08. The lowest BCUT2D eigenvalue weighted by molar-refractivity contribution is 0.195. The Bertz CT molecular complexity index is 276. The molecule has 0 spiro atoms. The summed E-state index contributed by atoms with van der Waals surface area (Å²) in [6.45, 7) is 1.70. The van der Waals surface area contributed by atoms with Crippen molar-refractivity contribution in [1.82, 2.24) is 4.98 Å². The van der Waals surface area contributed by atoms with E-state index in [1.807, 2.05) is 0 Å². The maximum Gasteiger partial charge on any atom is 0.130 e. The van der Waals surface area contributed by atoms with Crippen LogP contribution in [0.5, 0.6) is 0 Å². The number of hydrogen-bond donors (Lipinski definition) is 1. The number of rotatable bonds is 2. The van der Waals surface area contributed by atoms with Gasteiger partial charge >= 0.3 is 0 Å². The first-order chi connectivity index (χ1) is 5.59. The van der Waals surface area contributed by atoms with E-state index in [-0.39, 0.29) is 0 Å². The second-order valence-electron chi connectivity index (χ2n) is 2.65. The first kappa shape index (κ1) is 9.78. The van der Waals surface area contributed by atoms with Crippen molar-refractivity contribution in [2.45, 2.75) is 19.4 Å². The zero-order valence-corrected chi connectivity index (χ0v) is 8.10. The fourth-order valence-electron chi connectivity index (χ4n) is 0.904. The normalized spacial score (nSPS) is 13.0. The standard InChI is InChI=1S/C8H9Cl2NO/c1-5(12)2-6-4-11-8(10)3-7(6)9/h3-5,12H,2H2,1H3. The van der Waals surface area contributed by atoms with E-state index in [2.05, 4.69) is 4.98 Å². The van der Waals surface area contributed by atoms with Gasteiger partial charge in [-0.2, -0.15) is 0 Å². The van der Waals surface area contributed by atoms with Crippen molar-refractivity contribution in [1.29, 1.82) is 0 Å². The average molecular weight is 206 g/mol. The van der Waals surface area contributed by atoms with Crippen molar-refractivity contribution < 1.29 is 5.11 Å². The zero-order valence-electron chi connectivity index (χ0n) is 6.59.